The molecule has 4 aromatic rings. The molecule has 9 nitrogen and oxygen atoms in total. The largest absolute Gasteiger partial charge is 0.478 e. The van der Waals surface area contributed by atoms with Crippen LogP contribution in [0.15, 0.2) is 89.8 Å². The minimum absolute atomic E-state index is 0.151. The molecule has 33 heavy (non-hydrogen) atoms. The molecule has 0 bridgehead atoms. The van der Waals surface area contributed by atoms with Crippen LogP contribution in [0.3, 0.4) is 0 Å². The van der Waals surface area contributed by atoms with Gasteiger partial charge < -0.3 is 10.4 Å². The SMILES string of the molecule is O=C(O)/C=C\C(=O)Nc1cccc(-c2n[nH]c3ccc(NS(=O)(=O)c4ccccc4)cc23)c1. The number of carbonyl (C=O) groups is 2. The Morgan fingerprint density at radius 2 is 1.70 bits per heavy atom. The van der Waals surface area contributed by atoms with E-state index in [0.717, 1.165) is 12.2 Å². The second-order valence-electron chi connectivity index (χ2n) is 6.99. The minimum Gasteiger partial charge on any atom is -0.478 e. The molecule has 0 fully saturated rings. The van der Waals surface area contributed by atoms with Crippen LogP contribution in [0.25, 0.3) is 22.2 Å². The molecule has 1 aromatic heterocycles. The number of carboxylic acids is 1. The van der Waals surface area contributed by atoms with Gasteiger partial charge in [0.25, 0.3) is 10.0 Å². The number of hydrogen-bond donors (Lipinski definition) is 4. The van der Waals surface area contributed by atoms with Gasteiger partial charge in [-0.25, -0.2) is 13.2 Å². The van der Waals surface area contributed by atoms with E-state index in [-0.39, 0.29) is 4.90 Å². The van der Waals surface area contributed by atoms with Gasteiger partial charge in [-0.1, -0.05) is 30.3 Å². The number of nitrogens with zero attached hydrogens (tertiary/aromatic N) is 1. The summed E-state index contributed by atoms with van der Waals surface area (Å²) in [6, 6.07) is 19.9. The fraction of sp³-hybridized carbons (Fsp3) is 0. The van der Waals surface area contributed by atoms with Crippen LogP contribution in [0.2, 0.25) is 0 Å². The third kappa shape index (κ3) is 5.08. The van der Waals surface area contributed by atoms with E-state index in [4.69, 9.17) is 5.11 Å². The average molecular weight is 462 g/mol. The quantitative estimate of drug-likeness (QED) is 0.309. The number of benzene rings is 3. The first kappa shape index (κ1) is 21.8. The molecule has 0 unspecified atom stereocenters. The van der Waals surface area contributed by atoms with Crippen molar-refractivity contribution in [3.05, 3.63) is 84.9 Å². The molecule has 166 valence electrons. The molecule has 4 rings (SSSR count). The van der Waals surface area contributed by atoms with E-state index in [1.807, 2.05) is 0 Å². The Morgan fingerprint density at radius 1 is 0.909 bits per heavy atom. The second-order valence-corrected chi connectivity index (χ2v) is 8.68. The molecular weight excluding hydrogens is 444 g/mol. The predicted octanol–water partition coefficient (Wildman–Crippen LogP) is 3.61. The highest BCUT2D eigenvalue weighted by Crippen LogP contribution is 2.30. The van der Waals surface area contributed by atoms with E-state index in [9.17, 15) is 18.0 Å². The number of anilines is 2. The monoisotopic (exact) mass is 462 g/mol. The standard InChI is InChI=1S/C23H18N4O5S/c28-21(11-12-22(29)30)24-16-6-4-5-15(13-16)23-19-14-17(9-10-20(19)25-26-23)27-33(31,32)18-7-2-1-3-8-18/h1-14,27H,(H,24,28)(H,25,26)(H,29,30)/b12-11-. The first-order chi connectivity index (χ1) is 15.8. The maximum atomic E-state index is 12.7. The lowest BCUT2D eigenvalue weighted by Crippen LogP contribution is -2.12. The second kappa shape index (κ2) is 8.97. The molecule has 0 aliphatic rings. The minimum atomic E-state index is -3.75. The van der Waals surface area contributed by atoms with Gasteiger partial charge in [0.15, 0.2) is 0 Å². The summed E-state index contributed by atoms with van der Waals surface area (Å²) in [5.41, 5.74) is 2.75. The normalized spacial score (nSPS) is 11.5. The lowest BCUT2D eigenvalue weighted by Gasteiger charge is -2.08. The lowest BCUT2D eigenvalue weighted by molar-refractivity contribution is -0.131. The number of carboxylic acid groups (broad SMARTS) is 1. The Labute approximate surface area is 188 Å². The van der Waals surface area contributed by atoms with Gasteiger partial charge in [0.2, 0.25) is 5.91 Å². The first-order valence-electron chi connectivity index (χ1n) is 9.70. The van der Waals surface area contributed by atoms with Gasteiger partial charge in [0.05, 0.1) is 10.4 Å². The lowest BCUT2D eigenvalue weighted by atomic mass is 10.1. The Morgan fingerprint density at radius 3 is 2.45 bits per heavy atom. The Balaban J connectivity index is 1.63. The number of aromatic amines is 1. The number of amides is 1. The molecule has 0 saturated heterocycles. The summed E-state index contributed by atoms with van der Waals surface area (Å²) >= 11 is 0. The summed E-state index contributed by atoms with van der Waals surface area (Å²) < 4.78 is 27.9. The van der Waals surface area contributed by atoms with Crippen LogP contribution in [-0.4, -0.2) is 35.6 Å². The summed E-state index contributed by atoms with van der Waals surface area (Å²) in [6.07, 6.45) is 1.67. The van der Waals surface area contributed by atoms with Gasteiger partial charge in [0.1, 0.15) is 5.69 Å². The third-order valence-electron chi connectivity index (χ3n) is 4.65. The maximum Gasteiger partial charge on any atom is 0.328 e. The zero-order chi connectivity index (χ0) is 23.4. The summed E-state index contributed by atoms with van der Waals surface area (Å²) in [4.78, 5) is 22.6. The number of H-pyrrole nitrogens is 1. The molecule has 0 spiro atoms. The van der Waals surface area contributed by atoms with Crippen LogP contribution in [0, 0.1) is 0 Å². The molecule has 0 aliphatic carbocycles. The number of aliphatic carboxylic acids is 1. The molecule has 4 N–H and O–H groups in total. The average Bonchev–Trinajstić information content (AvgIpc) is 3.21. The number of nitrogens with one attached hydrogen (secondary N) is 3. The fourth-order valence-electron chi connectivity index (χ4n) is 3.19. The maximum absolute atomic E-state index is 12.7. The van der Waals surface area contributed by atoms with Gasteiger partial charge in [-0.2, -0.15) is 5.10 Å². The molecule has 0 atom stereocenters. The van der Waals surface area contributed by atoms with Crippen LogP contribution in [0.5, 0.6) is 0 Å². The van der Waals surface area contributed by atoms with E-state index in [1.54, 1.807) is 60.7 Å². The van der Waals surface area contributed by atoms with Gasteiger partial charge >= 0.3 is 5.97 Å². The summed E-state index contributed by atoms with van der Waals surface area (Å²) in [5, 5.41) is 19.1. The number of fused-ring (bicyclic) bond motifs is 1. The summed E-state index contributed by atoms with van der Waals surface area (Å²) in [5.74, 6) is -1.81. The molecule has 1 amide bonds. The number of sulfonamides is 1. The van der Waals surface area contributed by atoms with Gasteiger partial charge in [0, 0.05) is 34.5 Å². The zero-order valence-electron chi connectivity index (χ0n) is 17.0. The van der Waals surface area contributed by atoms with Crippen LogP contribution in [0.4, 0.5) is 11.4 Å². The van der Waals surface area contributed by atoms with Crippen molar-refractivity contribution in [3.8, 4) is 11.3 Å². The topological polar surface area (TPSA) is 141 Å². The zero-order valence-corrected chi connectivity index (χ0v) is 17.8. The molecular formula is C23H18N4O5S. The van der Waals surface area contributed by atoms with E-state index in [0.29, 0.717) is 33.5 Å². The molecule has 1 heterocycles. The van der Waals surface area contributed by atoms with Gasteiger partial charge in [-0.3, -0.25) is 14.6 Å². The molecule has 10 heteroatoms. The highest BCUT2D eigenvalue weighted by molar-refractivity contribution is 7.92. The number of carbonyl (C=O) groups excluding carboxylic acids is 1. The summed E-state index contributed by atoms with van der Waals surface area (Å²) in [6.45, 7) is 0. The molecule has 0 saturated carbocycles. The Hall–Kier alpha value is -4.44. The van der Waals surface area contributed by atoms with E-state index in [1.165, 1.54) is 12.1 Å². The van der Waals surface area contributed by atoms with Crippen LogP contribution in [0.1, 0.15) is 0 Å². The van der Waals surface area contributed by atoms with Crippen LogP contribution in [-0.2, 0) is 19.6 Å². The van der Waals surface area contributed by atoms with E-state index in [2.05, 4.69) is 20.2 Å². The van der Waals surface area contributed by atoms with E-state index < -0.39 is 21.9 Å². The number of hydrogen-bond acceptors (Lipinski definition) is 5. The smallest absolute Gasteiger partial charge is 0.328 e. The van der Waals surface area contributed by atoms with Gasteiger partial charge in [-0.05, 0) is 42.5 Å². The number of rotatable bonds is 7. The molecule has 0 aliphatic heterocycles. The molecule has 3 aromatic carbocycles. The third-order valence-corrected chi connectivity index (χ3v) is 6.05. The Kier molecular flexibility index (Phi) is 5.92. The Bertz CT molecular complexity index is 1480. The van der Waals surface area contributed by atoms with E-state index >= 15 is 0 Å². The highest BCUT2D eigenvalue weighted by atomic mass is 32.2. The fourth-order valence-corrected chi connectivity index (χ4v) is 4.26. The van der Waals surface area contributed by atoms with Crippen molar-refractivity contribution in [1.29, 1.82) is 0 Å². The van der Waals surface area contributed by atoms with Crippen molar-refractivity contribution in [2.75, 3.05) is 10.0 Å². The number of aromatic nitrogens is 2. The van der Waals surface area contributed by atoms with Crippen molar-refractivity contribution in [2.24, 2.45) is 0 Å². The van der Waals surface area contributed by atoms with Crippen molar-refractivity contribution in [2.45, 2.75) is 4.90 Å². The van der Waals surface area contributed by atoms with Crippen molar-refractivity contribution in [1.82, 2.24) is 10.2 Å². The van der Waals surface area contributed by atoms with Crippen molar-refractivity contribution < 1.29 is 23.1 Å². The van der Waals surface area contributed by atoms with Crippen LogP contribution < -0.4 is 10.0 Å². The van der Waals surface area contributed by atoms with Gasteiger partial charge in [-0.15, -0.1) is 0 Å². The highest BCUT2D eigenvalue weighted by Gasteiger charge is 2.15. The predicted molar refractivity (Wildman–Crippen MR) is 124 cm³/mol. The van der Waals surface area contributed by atoms with Crippen molar-refractivity contribution in [3.63, 3.8) is 0 Å². The van der Waals surface area contributed by atoms with Crippen molar-refractivity contribution >= 4 is 44.2 Å². The summed E-state index contributed by atoms with van der Waals surface area (Å²) in [7, 11) is -3.75. The molecule has 0 radical (unpaired) electrons. The van der Waals surface area contributed by atoms with Crippen LogP contribution >= 0.6 is 0 Å². The first-order valence-corrected chi connectivity index (χ1v) is 11.2.